The smallest absolute Gasteiger partial charge is 0.280 e. The van der Waals surface area contributed by atoms with Crippen LogP contribution in [0.1, 0.15) is 44.6 Å². The monoisotopic (exact) mass is 318 g/mol. The zero-order chi connectivity index (χ0) is 16.8. The zero-order valence-corrected chi connectivity index (χ0v) is 13.9. The quantitative estimate of drug-likeness (QED) is 0.787. The maximum atomic E-state index is 13.0. The number of pyridine rings is 1. The summed E-state index contributed by atoms with van der Waals surface area (Å²) >= 11 is 0. The van der Waals surface area contributed by atoms with Crippen molar-refractivity contribution < 1.29 is 4.79 Å². The fourth-order valence-electron chi connectivity index (χ4n) is 3.35. The Morgan fingerprint density at radius 3 is 2.58 bits per heavy atom. The Labute approximate surface area is 140 Å². The molecule has 1 aromatic carbocycles. The van der Waals surface area contributed by atoms with Crippen LogP contribution in [0.4, 0.5) is 5.69 Å². The van der Waals surface area contributed by atoms with E-state index in [4.69, 9.17) is 0 Å². The fourth-order valence-corrected chi connectivity index (χ4v) is 3.35. The van der Waals surface area contributed by atoms with Crippen LogP contribution >= 0.6 is 0 Å². The molecule has 0 spiro atoms. The molecule has 0 radical (unpaired) electrons. The minimum Gasteiger partial charge on any atom is -0.294 e. The molecule has 1 amide bonds. The van der Waals surface area contributed by atoms with E-state index in [9.17, 15) is 4.79 Å². The molecule has 0 fully saturated rings. The number of aromatic amines is 1. The molecule has 3 heterocycles. The average Bonchev–Trinajstić information content (AvgIpc) is 3.08. The molecule has 1 aliphatic heterocycles. The number of amides is 1. The number of nitrogens with zero attached hydrogens (tertiary/aromatic N) is 3. The summed E-state index contributed by atoms with van der Waals surface area (Å²) in [6.45, 7) is 5.96. The molecule has 5 heteroatoms. The van der Waals surface area contributed by atoms with Gasteiger partial charge in [0.1, 0.15) is 0 Å². The topological polar surface area (TPSA) is 61.9 Å². The van der Waals surface area contributed by atoms with Gasteiger partial charge >= 0.3 is 0 Å². The van der Waals surface area contributed by atoms with Crippen molar-refractivity contribution in [3.8, 4) is 0 Å². The number of carbonyl (C=O) groups is 1. The number of anilines is 1. The first-order valence-electron chi connectivity index (χ1n) is 7.94. The summed E-state index contributed by atoms with van der Waals surface area (Å²) in [6, 6.07) is 11.8. The van der Waals surface area contributed by atoms with E-state index in [-0.39, 0.29) is 11.9 Å². The molecule has 1 aliphatic rings. The first-order valence-corrected chi connectivity index (χ1v) is 7.94. The fraction of sp³-hybridized carbons (Fsp3) is 0.211. The van der Waals surface area contributed by atoms with Gasteiger partial charge in [-0.25, -0.2) is 0 Å². The Morgan fingerprint density at radius 2 is 1.88 bits per heavy atom. The highest BCUT2D eigenvalue weighted by Gasteiger charge is 2.42. The Hall–Kier alpha value is -2.95. The SMILES string of the molecule is Cc1ccc(N2C(=O)c3n[nH]c(C)c3C2c2ccccc2C)cn1. The van der Waals surface area contributed by atoms with Gasteiger partial charge < -0.3 is 0 Å². The number of H-pyrrole nitrogens is 1. The number of nitrogens with one attached hydrogen (secondary N) is 1. The minimum absolute atomic E-state index is 0.0896. The van der Waals surface area contributed by atoms with Gasteiger partial charge in [0, 0.05) is 17.0 Å². The summed E-state index contributed by atoms with van der Waals surface area (Å²) in [6.07, 6.45) is 1.75. The van der Waals surface area contributed by atoms with Crippen LogP contribution in [0, 0.1) is 20.8 Å². The number of rotatable bonds is 2. The largest absolute Gasteiger partial charge is 0.294 e. The third-order valence-electron chi connectivity index (χ3n) is 4.60. The molecule has 0 aliphatic carbocycles. The highest BCUT2D eigenvalue weighted by molar-refractivity contribution is 6.10. The number of benzene rings is 1. The molecule has 24 heavy (non-hydrogen) atoms. The molecular formula is C19H18N4O. The normalized spacial score (nSPS) is 16.5. The molecule has 4 rings (SSSR count). The van der Waals surface area contributed by atoms with Crippen molar-refractivity contribution in [3.63, 3.8) is 0 Å². The van der Waals surface area contributed by atoms with Gasteiger partial charge in [0.25, 0.3) is 5.91 Å². The van der Waals surface area contributed by atoms with Gasteiger partial charge in [0.15, 0.2) is 5.69 Å². The zero-order valence-electron chi connectivity index (χ0n) is 13.9. The molecule has 1 atom stereocenters. The van der Waals surface area contributed by atoms with Crippen molar-refractivity contribution >= 4 is 11.6 Å². The second-order valence-corrected chi connectivity index (χ2v) is 6.20. The van der Waals surface area contributed by atoms with Gasteiger partial charge in [-0.2, -0.15) is 5.10 Å². The van der Waals surface area contributed by atoms with Crippen LogP contribution in [0.5, 0.6) is 0 Å². The molecule has 1 N–H and O–H groups in total. The summed E-state index contributed by atoms with van der Waals surface area (Å²) in [4.78, 5) is 19.2. The Bertz CT molecular complexity index is 927. The van der Waals surface area contributed by atoms with E-state index in [0.717, 1.165) is 33.8 Å². The van der Waals surface area contributed by atoms with E-state index in [0.29, 0.717) is 5.69 Å². The second kappa shape index (κ2) is 5.30. The molecule has 0 bridgehead atoms. The van der Waals surface area contributed by atoms with Gasteiger partial charge in [-0.1, -0.05) is 24.3 Å². The van der Waals surface area contributed by atoms with Crippen LogP contribution in [0.3, 0.4) is 0 Å². The molecule has 0 saturated carbocycles. The molecule has 5 nitrogen and oxygen atoms in total. The lowest BCUT2D eigenvalue weighted by molar-refractivity contribution is 0.0988. The van der Waals surface area contributed by atoms with E-state index >= 15 is 0 Å². The number of aromatic nitrogens is 3. The van der Waals surface area contributed by atoms with E-state index < -0.39 is 0 Å². The van der Waals surface area contributed by atoms with Crippen LogP contribution in [0.25, 0.3) is 0 Å². The highest BCUT2D eigenvalue weighted by Crippen LogP contribution is 2.42. The lowest BCUT2D eigenvalue weighted by atomic mass is 9.95. The Balaban J connectivity index is 1.94. The molecule has 1 unspecified atom stereocenters. The number of hydrogen-bond donors (Lipinski definition) is 1. The first-order chi connectivity index (χ1) is 11.6. The maximum Gasteiger partial charge on any atom is 0.280 e. The van der Waals surface area contributed by atoms with Crippen LogP contribution < -0.4 is 4.90 Å². The molecule has 2 aromatic heterocycles. The van der Waals surface area contributed by atoms with Crippen molar-refractivity contribution in [1.29, 1.82) is 0 Å². The van der Waals surface area contributed by atoms with E-state index in [1.165, 1.54) is 0 Å². The maximum absolute atomic E-state index is 13.0. The number of aryl methyl sites for hydroxylation is 3. The summed E-state index contributed by atoms with van der Waals surface area (Å²) in [5.41, 5.74) is 6.34. The highest BCUT2D eigenvalue weighted by atomic mass is 16.2. The van der Waals surface area contributed by atoms with Gasteiger partial charge in [0.05, 0.1) is 17.9 Å². The van der Waals surface area contributed by atoms with Crippen molar-refractivity contribution in [1.82, 2.24) is 15.2 Å². The van der Waals surface area contributed by atoms with Crippen LogP contribution in [-0.2, 0) is 0 Å². The Kier molecular flexibility index (Phi) is 3.23. The van der Waals surface area contributed by atoms with Crippen molar-refractivity contribution in [2.75, 3.05) is 4.90 Å². The van der Waals surface area contributed by atoms with Crippen molar-refractivity contribution in [3.05, 3.63) is 76.4 Å². The lowest BCUT2D eigenvalue weighted by Crippen LogP contribution is -2.29. The molecule has 0 saturated heterocycles. The van der Waals surface area contributed by atoms with E-state index in [2.05, 4.69) is 34.2 Å². The summed E-state index contributed by atoms with van der Waals surface area (Å²) in [7, 11) is 0. The van der Waals surface area contributed by atoms with Gasteiger partial charge in [-0.3, -0.25) is 19.8 Å². The minimum atomic E-state index is -0.183. The predicted octanol–water partition coefficient (Wildman–Crippen LogP) is 3.48. The van der Waals surface area contributed by atoms with E-state index in [1.54, 1.807) is 11.1 Å². The van der Waals surface area contributed by atoms with Gasteiger partial charge in [0.2, 0.25) is 0 Å². The Morgan fingerprint density at radius 1 is 1.08 bits per heavy atom. The molecular weight excluding hydrogens is 300 g/mol. The third kappa shape index (κ3) is 2.05. The van der Waals surface area contributed by atoms with Crippen molar-refractivity contribution in [2.45, 2.75) is 26.8 Å². The van der Waals surface area contributed by atoms with Crippen LogP contribution in [0.2, 0.25) is 0 Å². The second-order valence-electron chi connectivity index (χ2n) is 6.20. The molecule has 3 aromatic rings. The number of fused-ring (bicyclic) bond motifs is 1. The average molecular weight is 318 g/mol. The van der Waals surface area contributed by atoms with Crippen LogP contribution in [0.15, 0.2) is 42.6 Å². The van der Waals surface area contributed by atoms with Crippen molar-refractivity contribution in [2.24, 2.45) is 0 Å². The van der Waals surface area contributed by atoms with Gasteiger partial charge in [-0.15, -0.1) is 0 Å². The summed E-state index contributed by atoms with van der Waals surface area (Å²) in [5.74, 6) is -0.0896. The number of carbonyl (C=O) groups excluding carboxylic acids is 1. The lowest BCUT2D eigenvalue weighted by Gasteiger charge is -2.27. The predicted molar refractivity (Wildman–Crippen MR) is 92.1 cm³/mol. The van der Waals surface area contributed by atoms with Gasteiger partial charge in [-0.05, 0) is 44.0 Å². The first kappa shape index (κ1) is 14.6. The van der Waals surface area contributed by atoms with E-state index in [1.807, 2.05) is 38.1 Å². The molecule has 120 valence electrons. The third-order valence-corrected chi connectivity index (χ3v) is 4.60. The summed E-state index contributed by atoms with van der Waals surface area (Å²) in [5, 5.41) is 7.20. The number of hydrogen-bond acceptors (Lipinski definition) is 3. The standard InChI is InChI=1S/C19H18N4O/c1-11-6-4-5-7-15(11)18-16-13(3)21-22-17(16)19(24)23(18)14-9-8-12(2)20-10-14/h4-10,18H,1-3H3,(H,21,22). The van der Waals surface area contributed by atoms with Crippen LogP contribution in [-0.4, -0.2) is 21.1 Å². The summed E-state index contributed by atoms with van der Waals surface area (Å²) < 4.78 is 0.